The Bertz CT molecular complexity index is 941. The lowest BCUT2D eigenvalue weighted by molar-refractivity contribution is 0.151. The highest BCUT2D eigenvalue weighted by Gasteiger charge is 2.23. The maximum absolute atomic E-state index is 12.2. The van der Waals surface area contributed by atoms with Crippen LogP contribution in [-0.2, 0) is 13.6 Å². The van der Waals surface area contributed by atoms with Crippen LogP contribution >= 0.6 is 11.6 Å². The molecule has 1 aromatic heterocycles. The van der Waals surface area contributed by atoms with Gasteiger partial charge < -0.3 is 9.30 Å². The predicted octanol–water partition coefficient (Wildman–Crippen LogP) is 5.20. The number of nitrogens with zero attached hydrogens (tertiary/aromatic N) is 2. The topological polar surface area (TPSA) is 34.5 Å². The molecule has 1 fully saturated rings. The molecule has 2 heterocycles. The van der Waals surface area contributed by atoms with Gasteiger partial charge in [0.05, 0.1) is 7.11 Å². The fourth-order valence-corrected chi connectivity index (χ4v) is 4.64. The second kappa shape index (κ2) is 8.93. The zero-order valence-electron chi connectivity index (χ0n) is 18.5. The molecular weight excluding hydrogens is 384 g/mol. The minimum atomic E-state index is 0.0331. The normalized spacial score (nSPS) is 15.9. The Hall–Kier alpha value is -1.78. The summed E-state index contributed by atoms with van der Waals surface area (Å²) in [4.78, 5) is 14.7. The van der Waals surface area contributed by atoms with Gasteiger partial charge in [-0.15, -0.1) is 0 Å². The monoisotopic (exact) mass is 416 g/mol. The molecule has 3 rings (SSSR count). The van der Waals surface area contributed by atoms with Gasteiger partial charge in [0.1, 0.15) is 5.75 Å². The number of aromatic nitrogens is 1. The predicted molar refractivity (Wildman–Crippen MR) is 121 cm³/mol. The first-order valence-corrected chi connectivity index (χ1v) is 10.9. The van der Waals surface area contributed by atoms with Gasteiger partial charge in [0.2, 0.25) is 0 Å². The Kier molecular flexibility index (Phi) is 6.75. The van der Waals surface area contributed by atoms with Gasteiger partial charge in [0.25, 0.3) is 5.56 Å². The summed E-state index contributed by atoms with van der Waals surface area (Å²) in [7, 11) is 3.48. The van der Waals surface area contributed by atoms with Crippen LogP contribution in [0.1, 0.15) is 43.4 Å². The molecule has 5 heteroatoms. The molecule has 1 aliphatic heterocycles. The number of rotatable bonds is 5. The van der Waals surface area contributed by atoms with Crippen LogP contribution in [-0.4, -0.2) is 29.7 Å². The fourth-order valence-electron chi connectivity index (χ4n) is 4.37. The molecule has 0 unspecified atom stereocenters. The lowest BCUT2D eigenvalue weighted by Gasteiger charge is -2.34. The summed E-state index contributed by atoms with van der Waals surface area (Å²) in [5.41, 5.74) is 4.80. The Balaban J connectivity index is 1.91. The number of pyridine rings is 1. The zero-order chi connectivity index (χ0) is 21.3. The van der Waals surface area contributed by atoms with E-state index >= 15 is 0 Å². The van der Waals surface area contributed by atoms with Crippen LogP contribution in [0.4, 0.5) is 0 Å². The number of hydrogen-bond acceptors (Lipinski definition) is 3. The van der Waals surface area contributed by atoms with E-state index in [1.165, 1.54) is 12.8 Å². The molecule has 2 aromatic rings. The van der Waals surface area contributed by atoms with E-state index in [0.717, 1.165) is 70.1 Å². The fraction of sp³-hybridized carbons (Fsp3) is 0.542. The van der Waals surface area contributed by atoms with Crippen LogP contribution in [0.2, 0.25) is 5.02 Å². The minimum Gasteiger partial charge on any atom is -0.496 e. The number of piperidine rings is 1. The standard InChI is InChI=1S/C24H33ClN2O2/c1-15(2)18-7-9-27(10-8-18)14-21-22(25)11-19(12-23(21)29-6)20-13-26(5)24(28)17(4)16(20)3/h11-13,15,18H,7-10,14H2,1-6H3. The number of likely N-dealkylation sites (tertiary alicyclic amines) is 1. The molecule has 0 radical (unpaired) electrons. The first-order chi connectivity index (χ1) is 13.7. The molecule has 0 atom stereocenters. The molecule has 0 saturated carbocycles. The van der Waals surface area contributed by atoms with E-state index in [1.54, 1.807) is 18.7 Å². The van der Waals surface area contributed by atoms with E-state index in [9.17, 15) is 4.79 Å². The molecule has 158 valence electrons. The summed E-state index contributed by atoms with van der Waals surface area (Å²) in [5, 5.41) is 0.719. The highest BCUT2D eigenvalue weighted by molar-refractivity contribution is 6.32. The highest BCUT2D eigenvalue weighted by Crippen LogP contribution is 2.36. The smallest absolute Gasteiger partial charge is 0.253 e. The molecule has 1 aromatic carbocycles. The largest absolute Gasteiger partial charge is 0.496 e. The van der Waals surface area contributed by atoms with Gasteiger partial charge in [-0.2, -0.15) is 0 Å². The van der Waals surface area contributed by atoms with Crippen LogP contribution in [0.25, 0.3) is 11.1 Å². The average Bonchev–Trinajstić information content (AvgIpc) is 2.70. The highest BCUT2D eigenvalue weighted by atomic mass is 35.5. The van der Waals surface area contributed by atoms with Gasteiger partial charge in [-0.3, -0.25) is 9.69 Å². The number of methoxy groups -OCH3 is 1. The van der Waals surface area contributed by atoms with Crippen molar-refractivity contribution in [3.63, 3.8) is 0 Å². The summed E-state index contributed by atoms with van der Waals surface area (Å²) in [6.45, 7) is 11.5. The summed E-state index contributed by atoms with van der Waals surface area (Å²) >= 11 is 6.75. The molecule has 0 aliphatic carbocycles. The lowest BCUT2D eigenvalue weighted by Crippen LogP contribution is -2.34. The van der Waals surface area contributed by atoms with Crippen molar-refractivity contribution >= 4 is 11.6 Å². The third-order valence-electron chi connectivity index (χ3n) is 6.57. The second-order valence-electron chi connectivity index (χ2n) is 8.71. The van der Waals surface area contributed by atoms with Gasteiger partial charge in [0, 0.05) is 41.5 Å². The summed E-state index contributed by atoms with van der Waals surface area (Å²) < 4.78 is 7.36. The molecule has 1 aliphatic rings. The van der Waals surface area contributed by atoms with Crippen molar-refractivity contribution < 1.29 is 4.74 Å². The van der Waals surface area contributed by atoms with Gasteiger partial charge in [0.15, 0.2) is 0 Å². The number of hydrogen-bond donors (Lipinski definition) is 0. The third-order valence-corrected chi connectivity index (χ3v) is 6.91. The van der Waals surface area contributed by atoms with Crippen molar-refractivity contribution in [2.75, 3.05) is 20.2 Å². The van der Waals surface area contributed by atoms with E-state index in [2.05, 4.69) is 18.7 Å². The Morgan fingerprint density at radius 3 is 2.41 bits per heavy atom. The van der Waals surface area contributed by atoms with Gasteiger partial charge >= 0.3 is 0 Å². The second-order valence-corrected chi connectivity index (χ2v) is 9.11. The molecule has 1 saturated heterocycles. The number of halogens is 1. The number of aryl methyl sites for hydroxylation is 1. The first-order valence-electron chi connectivity index (χ1n) is 10.5. The third kappa shape index (κ3) is 4.54. The van der Waals surface area contributed by atoms with Crippen LogP contribution in [0.15, 0.2) is 23.1 Å². The summed E-state index contributed by atoms with van der Waals surface area (Å²) in [6.07, 6.45) is 4.37. The van der Waals surface area contributed by atoms with Crippen molar-refractivity contribution in [1.29, 1.82) is 0 Å². The maximum Gasteiger partial charge on any atom is 0.253 e. The Morgan fingerprint density at radius 2 is 1.83 bits per heavy atom. The molecule has 4 nitrogen and oxygen atoms in total. The van der Waals surface area contributed by atoms with Crippen LogP contribution in [0, 0.1) is 25.7 Å². The summed E-state index contributed by atoms with van der Waals surface area (Å²) in [6, 6.07) is 4.06. The Morgan fingerprint density at radius 1 is 1.17 bits per heavy atom. The lowest BCUT2D eigenvalue weighted by atomic mass is 9.86. The van der Waals surface area contributed by atoms with E-state index in [0.29, 0.717) is 0 Å². The van der Waals surface area contributed by atoms with Crippen LogP contribution in [0.5, 0.6) is 5.75 Å². The van der Waals surface area contributed by atoms with E-state index in [-0.39, 0.29) is 5.56 Å². The van der Waals surface area contributed by atoms with Crippen LogP contribution in [0.3, 0.4) is 0 Å². The van der Waals surface area contributed by atoms with E-state index in [4.69, 9.17) is 16.3 Å². The van der Waals surface area contributed by atoms with Gasteiger partial charge in [-0.25, -0.2) is 0 Å². The van der Waals surface area contributed by atoms with Crippen molar-refractivity contribution in [3.05, 3.63) is 50.4 Å². The van der Waals surface area contributed by atoms with Gasteiger partial charge in [-0.1, -0.05) is 25.4 Å². The number of benzene rings is 1. The van der Waals surface area contributed by atoms with Crippen molar-refractivity contribution in [1.82, 2.24) is 9.47 Å². The Labute approximate surface area is 179 Å². The van der Waals surface area contributed by atoms with Crippen LogP contribution < -0.4 is 10.3 Å². The molecule has 0 N–H and O–H groups in total. The summed E-state index contributed by atoms with van der Waals surface area (Å²) in [5.74, 6) is 2.38. The first kappa shape index (κ1) is 21.9. The molecule has 0 bridgehead atoms. The molecule has 0 amide bonds. The van der Waals surface area contributed by atoms with E-state index in [1.807, 2.05) is 32.2 Å². The zero-order valence-corrected chi connectivity index (χ0v) is 19.3. The molecule has 0 spiro atoms. The average molecular weight is 417 g/mol. The van der Waals surface area contributed by atoms with Crippen molar-refractivity contribution in [2.24, 2.45) is 18.9 Å². The quantitative estimate of drug-likeness (QED) is 0.671. The molecule has 29 heavy (non-hydrogen) atoms. The van der Waals surface area contributed by atoms with Crippen molar-refractivity contribution in [3.8, 4) is 16.9 Å². The minimum absolute atomic E-state index is 0.0331. The van der Waals surface area contributed by atoms with Gasteiger partial charge in [-0.05, 0) is 74.9 Å². The van der Waals surface area contributed by atoms with Crippen molar-refractivity contribution in [2.45, 2.75) is 47.1 Å². The number of ether oxygens (including phenoxy) is 1. The molecular formula is C24H33ClN2O2. The van der Waals surface area contributed by atoms with E-state index < -0.39 is 0 Å². The SMILES string of the molecule is COc1cc(-c2cn(C)c(=O)c(C)c2C)cc(Cl)c1CN1CCC(C(C)C)CC1. The maximum atomic E-state index is 12.2.